The van der Waals surface area contributed by atoms with Crippen LogP contribution in [0.15, 0.2) is 43.0 Å². The number of carbonyl (C=O) groups is 1. The molecule has 144 valence electrons. The van der Waals surface area contributed by atoms with E-state index in [1.807, 2.05) is 4.57 Å². The number of piperidine rings is 1. The predicted octanol–water partition coefficient (Wildman–Crippen LogP) is 1.98. The summed E-state index contributed by atoms with van der Waals surface area (Å²) in [7, 11) is 2.10. The van der Waals surface area contributed by atoms with Gasteiger partial charge in [0.25, 0.3) is 0 Å². The number of likely N-dealkylation sites (N-methyl/N-ethyl adjacent to an activating group) is 1. The number of aromatic nitrogens is 3. The number of nitrogens with zero attached hydrogens (tertiary/aromatic N) is 4. The molecule has 1 aromatic carbocycles. The van der Waals surface area contributed by atoms with Gasteiger partial charge in [0.2, 0.25) is 5.91 Å². The smallest absolute Gasteiger partial charge is 0.229 e. The van der Waals surface area contributed by atoms with Crippen molar-refractivity contribution in [3.8, 4) is 0 Å². The summed E-state index contributed by atoms with van der Waals surface area (Å²) in [4.78, 5) is 23.4. The van der Waals surface area contributed by atoms with Gasteiger partial charge < -0.3 is 19.9 Å². The Morgan fingerprint density at radius 2 is 2.25 bits per heavy atom. The van der Waals surface area contributed by atoms with Crippen LogP contribution in [0.1, 0.15) is 23.5 Å². The lowest BCUT2D eigenvalue weighted by molar-refractivity contribution is -0.122. The number of aliphatic hydroxyl groups excluding tert-OH is 1. The Hall–Kier alpha value is -2.77. The van der Waals surface area contributed by atoms with Gasteiger partial charge >= 0.3 is 0 Å². The largest absolute Gasteiger partial charge is 0.376 e. The third-order valence-corrected chi connectivity index (χ3v) is 6.26. The average molecular weight is 377 g/mol. The number of aliphatic hydroxyl groups is 1. The van der Waals surface area contributed by atoms with Crippen LogP contribution in [-0.4, -0.2) is 50.1 Å². The summed E-state index contributed by atoms with van der Waals surface area (Å²) in [5, 5.41) is 13.9. The normalized spacial score (nSPS) is 24.1. The van der Waals surface area contributed by atoms with Gasteiger partial charge in [0.15, 0.2) is 5.82 Å². The number of carbonyl (C=O) groups excluding carboxylic acids is 1. The molecule has 0 spiro atoms. The molecule has 3 atom stereocenters. The number of rotatable bonds is 3. The van der Waals surface area contributed by atoms with Gasteiger partial charge in [-0.25, -0.2) is 4.98 Å². The van der Waals surface area contributed by atoms with Crippen LogP contribution in [0.5, 0.6) is 0 Å². The summed E-state index contributed by atoms with van der Waals surface area (Å²) in [6.45, 7) is 0.702. The van der Waals surface area contributed by atoms with E-state index in [1.54, 1.807) is 18.6 Å². The fourth-order valence-corrected chi connectivity index (χ4v) is 5.02. The van der Waals surface area contributed by atoms with Crippen molar-refractivity contribution in [1.82, 2.24) is 19.4 Å². The van der Waals surface area contributed by atoms with Crippen LogP contribution in [0.4, 0.5) is 5.82 Å². The van der Waals surface area contributed by atoms with Crippen LogP contribution in [0, 0.1) is 5.92 Å². The molecule has 1 saturated heterocycles. The van der Waals surface area contributed by atoms with Crippen molar-refractivity contribution < 1.29 is 9.90 Å². The lowest BCUT2D eigenvalue weighted by Crippen LogP contribution is -2.50. The maximum atomic E-state index is 12.9. The predicted molar refractivity (Wildman–Crippen MR) is 106 cm³/mol. The molecular weight excluding hydrogens is 354 g/mol. The Kier molecular flexibility index (Phi) is 4.14. The van der Waals surface area contributed by atoms with Gasteiger partial charge in [-0.2, -0.15) is 0 Å². The lowest BCUT2D eigenvalue weighted by Gasteiger charge is -2.45. The van der Waals surface area contributed by atoms with Crippen molar-refractivity contribution in [3.63, 3.8) is 0 Å². The van der Waals surface area contributed by atoms with E-state index >= 15 is 0 Å². The van der Waals surface area contributed by atoms with Crippen molar-refractivity contribution in [1.29, 1.82) is 0 Å². The number of hydrogen-bond donors (Lipinski definition) is 2. The molecule has 2 aliphatic rings. The van der Waals surface area contributed by atoms with Crippen LogP contribution in [0.3, 0.4) is 0 Å². The molecule has 2 N–H and O–H groups in total. The molecule has 1 aliphatic heterocycles. The molecule has 1 unspecified atom stereocenters. The molecule has 7 heteroatoms. The van der Waals surface area contributed by atoms with Gasteiger partial charge in [0.05, 0.1) is 17.6 Å². The van der Waals surface area contributed by atoms with Crippen molar-refractivity contribution >= 4 is 22.6 Å². The molecule has 2 aromatic heterocycles. The lowest BCUT2D eigenvalue weighted by atomic mass is 9.72. The first kappa shape index (κ1) is 17.3. The highest BCUT2D eigenvalue weighted by molar-refractivity contribution is 5.92. The number of hydrogen-bond acceptors (Lipinski definition) is 5. The Morgan fingerprint density at radius 1 is 1.36 bits per heavy atom. The molecule has 1 fully saturated rings. The highest BCUT2D eigenvalue weighted by atomic mass is 16.3. The summed E-state index contributed by atoms with van der Waals surface area (Å²) >= 11 is 0. The zero-order valence-corrected chi connectivity index (χ0v) is 15.7. The van der Waals surface area contributed by atoms with E-state index in [-0.39, 0.29) is 18.6 Å². The topological polar surface area (TPSA) is 83.3 Å². The third-order valence-electron chi connectivity index (χ3n) is 6.26. The number of benzene rings is 1. The van der Waals surface area contributed by atoms with E-state index in [0.29, 0.717) is 17.8 Å². The number of anilines is 1. The van der Waals surface area contributed by atoms with Gasteiger partial charge in [-0.05, 0) is 37.1 Å². The van der Waals surface area contributed by atoms with Crippen LogP contribution < -0.4 is 5.32 Å². The van der Waals surface area contributed by atoms with Gasteiger partial charge in [-0.15, -0.1) is 0 Å². The minimum atomic E-state index is -0.106. The van der Waals surface area contributed by atoms with Crippen molar-refractivity contribution in [3.05, 3.63) is 54.1 Å². The first-order chi connectivity index (χ1) is 13.7. The summed E-state index contributed by atoms with van der Waals surface area (Å²) in [5.74, 6) is 0.675. The number of fused-ring (bicyclic) bond motifs is 2. The minimum Gasteiger partial charge on any atom is -0.376 e. The van der Waals surface area contributed by atoms with Gasteiger partial charge in [0.1, 0.15) is 6.73 Å². The van der Waals surface area contributed by atoms with E-state index in [1.165, 1.54) is 16.5 Å². The number of nitrogens with one attached hydrogen (secondary N) is 1. The van der Waals surface area contributed by atoms with E-state index in [9.17, 15) is 9.90 Å². The Bertz CT molecular complexity index is 1030. The second kappa shape index (κ2) is 6.68. The maximum Gasteiger partial charge on any atom is 0.229 e. The molecule has 28 heavy (non-hydrogen) atoms. The quantitative estimate of drug-likeness (QED) is 0.729. The summed E-state index contributed by atoms with van der Waals surface area (Å²) in [6, 6.07) is 6.66. The molecule has 1 aliphatic carbocycles. The molecule has 5 rings (SSSR count). The zero-order chi connectivity index (χ0) is 19.3. The Labute approximate surface area is 163 Å². The summed E-state index contributed by atoms with van der Waals surface area (Å²) in [6.07, 6.45) is 8.56. The van der Waals surface area contributed by atoms with Crippen molar-refractivity contribution in [2.75, 3.05) is 18.9 Å². The molecule has 7 nitrogen and oxygen atoms in total. The zero-order valence-electron chi connectivity index (χ0n) is 15.7. The van der Waals surface area contributed by atoms with Gasteiger partial charge in [-0.1, -0.05) is 12.1 Å². The fraction of sp³-hybridized carbons (Fsp3) is 0.381. The van der Waals surface area contributed by atoms with Crippen molar-refractivity contribution in [2.45, 2.75) is 31.5 Å². The SMILES string of the molecule is CN1C[C@H](C(=O)Nc2cnccn2)CC2c3cccc4c3c(cn4CO)C[C@H]21. The van der Waals surface area contributed by atoms with Crippen LogP contribution in [0.2, 0.25) is 0 Å². The monoisotopic (exact) mass is 377 g/mol. The van der Waals surface area contributed by atoms with Crippen LogP contribution in [0.25, 0.3) is 10.9 Å². The standard InChI is InChI=1S/C21H23N5O2/c1-25-10-14(21(28)24-19-9-22-5-6-23-19)7-16-15-3-2-4-17-20(15)13(8-18(16)25)11-26(17)12-27/h2-6,9,11,14,16,18,27H,7-8,10,12H2,1H3,(H,23,24,28)/t14-,16?,18-/m1/s1. The first-order valence-electron chi connectivity index (χ1n) is 9.64. The van der Waals surface area contributed by atoms with Crippen LogP contribution in [-0.2, 0) is 17.9 Å². The number of amides is 1. The molecular formula is C21H23N5O2. The molecule has 3 aromatic rings. The summed E-state index contributed by atoms with van der Waals surface area (Å²) < 4.78 is 1.91. The third kappa shape index (κ3) is 2.70. The average Bonchev–Trinajstić information content (AvgIpc) is 3.08. The molecule has 1 amide bonds. The van der Waals surface area contributed by atoms with Crippen molar-refractivity contribution in [2.24, 2.45) is 5.92 Å². The molecule has 0 bridgehead atoms. The first-order valence-corrected chi connectivity index (χ1v) is 9.64. The van der Waals surface area contributed by atoms with Gasteiger partial charge in [0, 0.05) is 42.5 Å². The van der Waals surface area contributed by atoms with Crippen LogP contribution >= 0.6 is 0 Å². The molecule has 0 saturated carbocycles. The fourth-order valence-electron chi connectivity index (χ4n) is 5.02. The highest BCUT2D eigenvalue weighted by Gasteiger charge is 2.41. The summed E-state index contributed by atoms with van der Waals surface area (Å²) in [5.41, 5.74) is 3.65. The Morgan fingerprint density at radius 3 is 3.04 bits per heavy atom. The second-order valence-electron chi connectivity index (χ2n) is 7.84. The maximum absolute atomic E-state index is 12.9. The molecule has 0 radical (unpaired) electrons. The minimum absolute atomic E-state index is 0.00306. The van der Waals surface area contributed by atoms with E-state index in [4.69, 9.17) is 0 Å². The van der Waals surface area contributed by atoms with E-state index in [0.717, 1.165) is 24.9 Å². The Balaban J connectivity index is 1.47. The van der Waals surface area contributed by atoms with E-state index < -0.39 is 0 Å². The van der Waals surface area contributed by atoms with E-state index in [2.05, 4.69) is 51.6 Å². The highest BCUT2D eigenvalue weighted by Crippen LogP contribution is 2.45. The van der Waals surface area contributed by atoms with Gasteiger partial charge in [-0.3, -0.25) is 9.78 Å². The second-order valence-corrected chi connectivity index (χ2v) is 7.84. The molecule has 3 heterocycles. The number of likely N-dealkylation sites (tertiary alicyclic amines) is 1.